The minimum absolute atomic E-state index is 0.523. The fourth-order valence-corrected chi connectivity index (χ4v) is 1.67. The number of rotatable bonds is 0. The van der Waals surface area contributed by atoms with Crippen LogP contribution < -0.4 is 5.73 Å². The molecular weight excluding hydrogens is 178 g/mol. The van der Waals surface area contributed by atoms with E-state index >= 15 is 0 Å². The molecular formula is C10H9N3O. The van der Waals surface area contributed by atoms with Crippen molar-refractivity contribution in [3.63, 3.8) is 0 Å². The number of para-hydroxylation sites is 2. The van der Waals surface area contributed by atoms with Gasteiger partial charge in [0.2, 0.25) is 0 Å². The first-order valence-electron chi connectivity index (χ1n) is 4.39. The maximum absolute atomic E-state index is 5.70. The summed E-state index contributed by atoms with van der Waals surface area (Å²) >= 11 is 0. The number of aromatic nitrogens is 2. The van der Waals surface area contributed by atoms with Crippen molar-refractivity contribution < 1.29 is 4.42 Å². The lowest BCUT2D eigenvalue weighted by atomic mass is 10.3. The van der Waals surface area contributed by atoms with Crippen molar-refractivity contribution in [1.82, 2.24) is 9.38 Å². The number of aryl methyl sites for hydroxylation is 1. The Morgan fingerprint density at radius 1 is 1.36 bits per heavy atom. The summed E-state index contributed by atoms with van der Waals surface area (Å²) in [6.07, 6.45) is 0. The molecule has 0 bridgehead atoms. The summed E-state index contributed by atoms with van der Waals surface area (Å²) in [6.45, 7) is 1.93. The van der Waals surface area contributed by atoms with E-state index in [0.29, 0.717) is 11.7 Å². The molecule has 0 unspecified atom stereocenters. The van der Waals surface area contributed by atoms with Gasteiger partial charge in [-0.2, -0.15) is 4.98 Å². The predicted molar refractivity (Wildman–Crippen MR) is 54.1 cm³/mol. The van der Waals surface area contributed by atoms with Gasteiger partial charge in [0.15, 0.2) is 5.58 Å². The fourth-order valence-electron chi connectivity index (χ4n) is 1.67. The van der Waals surface area contributed by atoms with Crippen LogP contribution in [0.2, 0.25) is 0 Å². The zero-order valence-corrected chi connectivity index (χ0v) is 7.69. The van der Waals surface area contributed by atoms with Crippen molar-refractivity contribution in [2.45, 2.75) is 6.92 Å². The number of hydrogen-bond acceptors (Lipinski definition) is 3. The molecule has 0 aliphatic rings. The second-order valence-electron chi connectivity index (χ2n) is 3.27. The number of hydrogen-bond donors (Lipinski definition) is 1. The minimum atomic E-state index is 0.523. The maximum atomic E-state index is 5.70. The highest BCUT2D eigenvalue weighted by Crippen LogP contribution is 2.23. The fraction of sp³-hybridized carbons (Fsp3) is 0.100. The van der Waals surface area contributed by atoms with Crippen LogP contribution in [0.25, 0.3) is 16.9 Å². The number of nitrogens with zero attached hydrogens (tertiary/aromatic N) is 2. The van der Waals surface area contributed by atoms with E-state index in [1.807, 2.05) is 35.6 Å². The summed E-state index contributed by atoms with van der Waals surface area (Å²) < 4.78 is 7.45. The van der Waals surface area contributed by atoms with E-state index in [9.17, 15) is 0 Å². The lowest BCUT2D eigenvalue weighted by Crippen LogP contribution is -1.89. The monoisotopic (exact) mass is 187 g/mol. The Kier molecular flexibility index (Phi) is 1.21. The molecule has 0 amide bonds. The Balaban J connectivity index is 2.62. The van der Waals surface area contributed by atoms with E-state index in [1.165, 1.54) is 0 Å². The Hall–Kier alpha value is -1.97. The molecule has 2 heterocycles. The molecule has 0 atom stereocenters. The van der Waals surface area contributed by atoms with Crippen molar-refractivity contribution in [2.24, 2.45) is 0 Å². The Bertz CT molecular complexity index is 621. The first-order chi connectivity index (χ1) is 6.77. The van der Waals surface area contributed by atoms with Gasteiger partial charge in [-0.25, -0.2) is 0 Å². The molecule has 2 aromatic heterocycles. The number of oxazole rings is 1. The highest BCUT2D eigenvalue weighted by atomic mass is 16.4. The van der Waals surface area contributed by atoms with Crippen LogP contribution in [0.5, 0.6) is 0 Å². The standard InChI is InChI=1S/C10H9N3O/c1-6-9(11)12-10-13(6)7-4-2-3-5-8(7)14-10/h2-5H,11H2,1H3. The van der Waals surface area contributed by atoms with E-state index in [1.54, 1.807) is 0 Å². The third-order valence-corrected chi connectivity index (χ3v) is 2.42. The summed E-state index contributed by atoms with van der Waals surface area (Å²) in [5, 5.41) is 0. The minimum Gasteiger partial charge on any atom is -0.423 e. The van der Waals surface area contributed by atoms with Crippen LogP contribution in [0.1, 0.15) is 5.69 Å². The lowest BCUT2D eigenvalue weighted by Gasteiger charge is -1.91. The summed E-state index contributed by atoms with van der Waals surface area (Å²) in [4.78, 5) is 4.12. The predicted octanol–water partition coefficient (Wildman–Crippen LogP) is 1.97. The summed E-state index contributed by atoms with van der Waals surface area (Å²) in [5.41, 5.74) is 8.45. The van der Waals surface area contributed by atoms with Crippen LogP contribution in [0.3, 0.4) is 0 Å². The van der Waals surface area contributed by atoms with Crippen LogP contribution in [-0.2, 0) is 0 Å². The van der Waals surface area contributed by atoms with E-state index < -0.39 is 0 Å². The van der Waals surface area contributed by atoms with Crippen molar-refractivity contribution in [3.05, 3.63) is 30.0 Å². The summed E-state index contributed by atoms with van der Waals surface area (Å²) in [6, 6.07) is 7.80. The van der Waals surface area contributed by atoms with Crippen LogP contribution in [0.15, 0.2) is 28.7 Å². The van der Waals surface area contributed by atoms with E-state index in [2.05, 4.69) is 4.98 Å². The number of nitrogen functional groups attached to an aromatic ring is 1. The average Bonchev–Trinajstić information content (AvgIpc) is 2.65. The molecule has 0 saturated heterocycles. The van der Waals surface area contributed by atoms with E-state index in [0.717, 1.165) is 16.8 Å². The second-order valence-corrected chi connectivity index (χ2v) is 3.27. The molecule has 3 aromatic rings. The molecule has 4 nitrogen and oxygen atoms in total. The summed E-state index contributed by atoms with van der Waals surface area (Å²) in [7, 11) is 0. The maximum Gasteiger partial charge on any atom is 0.309 e. The molecule has 1 aromatic carbocycles. The van der Waals surface area contributed by atoms with E-state index in [4.69, 9.17) is 10.2 Å². The van der Waals surface area contributed by atoms with Crippen molar-refractivity contribution in [3.8, 4) is 0 Å². The molecule has 2 N–H and O–H groups in total. The molecule has 0 aliphatic heterocycles. The molecule has 0 aliphatic carbocycles. The van der Waals surface area contributed by atoms with Gasteiger partial charge in [0.1, 0.15) is 5.82 Å². The first-order valence-corrected chi connectivity index (χ1v) is 4.39. The number of fused-ring (bicyclic) bond motifs is 3. The molecule has 4 heteroatoms. The van der Waals surface area contributed by atoms with E-state index in [-0.39, 0.29) is 0 Å². The van der Waals surface area contributed by atoms with Gasteiger partial charge in [0.05, 0.1) is 11.2 Å². The lowest BCUT2D eigenvalue weighted by molar-refractivity contribution is 0.641. The van der Waals surface area contributed by atoms with Crippen LogP contribution >= 0.6 is 0 Å². The smallest absolute Gasteiger partial charge is 0.309 e. The van der Waals surface area contributed by atoms with Crippen LogP contribution in [0.4, 0.5) is 5.82 Å². The number of nitrogens with two attached hydrogens (primary N) is 1. The third kappa shape index (κ3) is 0.750. The molecule has 0 radical (unpaired) electrons. The Labute approximate surface area is 80.0 Å². The third-order valence-electron chi connectivity index (χ3n) is 2.42. The highest BCUT2D eigenvalue weighted by molar-refractivity contribution is 5.77. The highest BCUT2D eigenvalue weighted by Gasteiger charge is 2.12. The van der Waals surface area contributed by atoms with Gasteiger partial charge < -0.3 is 10.2 Å². The number of anilines is 1. The molecule has 0 spiro atoms. The quantitative estimate of drug-likeness (QED) is 0.585. The zero-order valence-electron chi connectivity index (χ0n) is 7.69. The molecule has 0 fully saturated rings. The van der Waals surface area contributed by atoms with Crippen molar-refractivity contribution in [1.29, 1.82) is 0 Å². The number of imidazole rings is 1. The molecule has 0 saturated carbocycles. The van der Waals surface area contributed by atoms with Crippen LogP contribution in [0, 0.1) is 6.92 Å². The normalized spacial score (nSPS) is 11.5. The van der Waals surface area contributed by atoms with Gasteiger partial charge in [-0.3, -0.25) is 4.40 Å². The topological polar surface area (TPSA) is 56.5 Å². The van der Waals surface area contributed by atoms with Gasteiger partial charge in [-0.05, 0) is 19.1 Å². The number of benzene rings is 1. The molecule has 14 heavy (non-hydrogen) atoms. The van der Waals surface area contributed by atoms with Gasteiger partial charge in [-0.15, -0.1) is 0 Å². The first kappa shape index (κ1) is 7.44. The zero-order chi connectivity index (χ0) is 9.71. The van der Waals surface area contributed by atoms with Crippen molar-refractivity contribution >= 4 is 22.8 Å². The van der Waals surface area contributed by atoms with Gasteiger partial charge >= 0.3 is 5.84 Å². The van der Waals surface area contributed by atoms with Gasteiger partial charge in [-0.1, -0.05) is 12.1 Å². The SMILES string of the molecule is Cc1c(N)nc2oc3ccccc3n12. The summed E-state index contributed by atoms with van der Waals surface area (Å²) in [5.74, 6) is 1.08. The largest absolute Gasteiger partial charge is 0.423 e. The van der Waals surface area contributed by atoms with Crippen LogP contribution in [-0.4, -0.2) is 9.38 Å². The average molecular weight is 187 g/mol. The molecule has 70 valence electrons. The Morgan fingerprint density at radius 2 is 2.14 bits per heavy atom. The van der Waals surface area contributed by atoms with Gasteiger partial charge in [0, 0.05) is 0 Å². The Morgan fingerprint density at radius 3 is 3.00 bits per heavy atom. The van der Waals surface area contributed by atoms with Crippen molar-refractivity contribution in [2.75, 3.05) is 5.73 Å². The second kappa shape index (κ2) is 2.29. The molecule has 3 rings (SSSR count). The van der Waals surface area contributed by atoms with Gasteiger partial charge in [0.25, 0.3) is 0 Å².